The lowest BCUT2D eigenvalue weighted by atomic mass is 9.96. The third kappa shape index (κ3) is 6.24. The molecule has 0 unspecified atom stereocenters. The van der Waals surface area contributed by atoms with Gasteiger partial charge in [0.25, 0.3) is 0 Å². The lowest BCUT2D eigenvalue weighted by molar-refractivity contribution is -0.111. The van der Waals surface area contributed by atoms with Gasteiger partial charge in [-0.1, -0.05) is 119 Å². The summed E-state index contributed by atoms with van der Waals surface area (Å²) in [6.45, 7) is 9.99. The van der Waals surface area contributed by atoms with Crippen molar-refractivity contribution in [3.63, 3.8) is 0 Å². The molecule has 0 radical (unpaired) electrons. The van der Waals surface area contributed by atoms with Crippen LogP contribution >= 0.6 is 0 Å². The van der Waals surface area contributed by atoms with Gasteiger partial charge in [0.1, 0.15) is 5.71 Å². The van der Waals surface area contributed by atoms with Gasteiger partial charge in [-0.2, -0.15) is 0 Å². The normalized spacial score (nSPS) is 12.2. The quantitative estimate of drug-likeness (QED) is 0.186. The van der Waals surface area contributed by atoms with Gasteiger partial charge in [0.15, 0.2) is 5.78 Å². The Kier molecular flexibility index (Phi) is 8.35. The number of carbonyl (C=O) groups excluding carboxylic acids is 1. The third-order valence-electron chi connectivity index (χ3n) is 10.6. The van der Waals surface area contributed by atoms with E-state index in [0.29, 0.717) is 5.71 Å². The molecular formula is C50H40N4O. The smallest absolute Gasteiger partial charge is 0.178 e. The van der Waals surface area contributed by atoms with E-state index >= 15 is 0 Å². The Morgan fingerprint density at radius 3 is 1.20 bits per heavy atom. The minimum Gasteiger partial charge on any atom is -0.354 e. The van der Waals surface area contributed by atoms with Crippen molar-refractivity contribution in [2.24, 2.45) is 4.99 Å². The minimum atomic E-state index is -0.0962. The predicted molar refractivity (Wildman–Crippen MR) is 230 cm³/mol. The van der Waals surface area contributed by atoms with E-state index in [-0.39, 0.29) is 5.78 Å². The molecule has 5 heterocycles. The number of H-pyrrole nitrogens is 2. The van der Waals surface area contributed by atoms with Crippen LogP contribution in [0.3, 0.4) is 0 Å². The van der Waals surface area contributed by atoms with Crippen molar-refractivity contribution in [1.82, 2.24) is 15.0 Å². The number of aliphatic imine (C=N–C) groups is 1. The number of aromatic nitrogens is 3. The highest BCUT2D eigenvalue weighted by Gasteiger charge is 2.24. The van der Waals surface area contributed by atoms with Gasteiger partial charge in [-0.05, 0) is 92.4 Å². The molecule has 5 heteroatoms. The van der Waals surface area contributed by atoms with Crippen molar-refractivity contribution in [3.8, 4) is 44.5 Å². The first kappa shape index (κ1) is 34.0. The second-order valence-electron chi connectivity index (χ2n) is 14.7. The Labute approximate surface area is 320 Å². The SMILES string of the molecule is CC(=O)C1=Nc2cc1c(-c1ccc(C)cc1)c1ccc([nH]1)c(-c1ccc(C)cc1)c1nc(c(-c3ccc(C)cc3)c3ccc([nH]3)c2-c2ccc(C)cc2)C=C1. The number of fused-ring (bicyclic) bond motifs is 8. The number of rotatable bonds is 5. The summed E-state index contributed by atoms with van der Waals surface area (Å²) in [7, 11) is 0. The zero-order valence-electron chi connectivity index (χ0n) is 31.6. The lowest BCUT2D eigenvalue weighted by Crippen LogP contribution is -2.10. The van der Waals surface area contributed by atoms with Crippen LogP contribution in [0.1, 0.15) is 46.1 Å². The van der Waals surface area contributed by atoms with Gasteiger partial charge in [-0.25, -0.2) is 9.98 Å². The molecule has 2 aliphatic rings. The van der Waals surface area contributed by atoms with Crippen molar-refractivity contribution in [2.45, 2.75) is 34.6 Å². The molecule has 0 fully saturated rings. The van der Waals surface area contributed by atoms with Gasteiger partial charge in [0.05, 0.1) is 17.1 Å². The Hall–Kier alpha value is -6.85. The summed E-state index contributed by atoms with van der Waals surface area (Å²) in [5.41, 5.74) is 19.9. The largest absolute Gasteiger partial charge is 0.354 e. The molecule has 5 nitrogen and oxygen atoms in total. The van der Waals surface area contributed by atoms with Crippen LogP contribution in [0, 0.1) is 27.7 Å². The molecule has 2 N–H and O–H groups in total. The maximum atomic E-state index is 13.6. The molecule has 0 aliphatic carbocycles. The van der Waals surface area contributed by atoms with Crippen LogP contribution in [-0.4, -0.2) is 26.4 Å². The first-order valence-corrected chi connectivity index (χ1v) is 18.7. The van der Waals surface area contributed by atoms with Crippen LogP contribution in [0.4, 0.5) is 5.69 Å². The van der Waals surface area contributed by atoms with E-state index in [1.54, 1.807) is 6.92 Å². The van der Waals surface area contributed by atoms with E-state index in [1.807, 2.05) is 0 Å². The lowest BCUT2D eigenvalue weighted by Gasteiger charge is -2.08. The summed E-state index contributed by atoms with van der Waals surface area (Å²) in [4.78, 5) is 31.8. The van der Waals surface area contributed by atoms with Crippen molar-refractivity contribution in [2.75, 3.05) is 0 Å². The topological polar surface area (TPSA) is 73.9 Å². The van der Waals surface area contributed by atoms with Gasteiger partial charge in [-0.15, -0.1) is 0 Å². The average molecular weight is 713 g/mol. The first-order chi connectivity index (χ1) is 26.7. The molecular weight excluding hydrogens is 673 g/mol. The van der Waals surface area contributed by atoms with E-state index < -0.39 is 0 Å². The number of Topliss-reactive ketones (excluding diaryl/α,β-unsaturated/α-hetero) is 1. The number of hydrogen-bond acceptors (Lipinski definition) is 3. The van der Waals surface area contributed by atoms with Crippen molar-refractivity contribution >= 4 is 51.4 Å². The molecule has 0 atom stereocenters. The standard InChI is InChI=1S/C50H40N4O/c1-29-6-14-34(15-7-29)46-38-28-45(54-50(38)33(5)55)49(37-20-12-32(4)13-21-37)44-27-26-43(53-44)48(36-18-10-31(3)11-19-36)42-25-24-41(52-42)47(40-23-22-39(46)51-40)35-16-8-30(2)9-17-35/h6-28,51,53H,1-5H3. The predicted octanol–water partition coefficient (Wildman–Crippen LogP) is 12.7. The number of nitrogens with zero attached hydrogens (tertiary/aromatic N) is 2. The van der Waals surface area contributed by atoms with Crippen molar-refractivity contribution in [3.05, 3.63) is 167 Å². The van der Waals surface area contributed by atoms with Crippen LogP contribution in [0.25, 0.3) is 78.7 Å². The van der Waals surface area contributed by atoms with Crippen LogP contribution in [0.2, 0.25) is 0 Å². The Bertz CT molecular complexity index is 2880. The first-order valence-electron chi connectivity index (χ1n) is 18.7. The van der Waals surface area contributed by atoms with Crippen molar-refractivity contribution < 1.29 is 4.79 Å². The molecule has 2 aliphatic heterocycles. The Morgan fingerprint density at radius 2 is 0.800 bits per heavy atom. The number of hydrogen-bond donors (Lipinski definition) is 2. The molecule has 0 saturated heterocycles. The Morgan fingerprint density at radius 1 is 0.455 bits per heavy atom. The third-order valence-corrected chi connectivity index (χ3v) is 10.6. The van der Waals surface area contributed by atoms with Crippen LogP contribution in [0.15, 0.2) is 132 Å². The van der Waals surface area contributed by atoms with E-state index in [0.717, 1.165) is 100 Å². The van der Waals surface area contributed by atoms with E-state index in [9.17, 15) is 4.79 Å². The number of aromatic amines is 2. The molecule has 55 heavy (non-hydrogen) atoms. The van der Waals surface area contributed by atoms with Crippen LogP contribution in [-0.2, 0) is 4.79 Å². The molecule has 8 bridgehead atoms. The monoisotopic (exact) mass is 712 g/mol. The van der Waals surface area contributed by atoms with Crippen molar-refractivity contribution in [1.29, 1.82) is 0 Å². The molecule has 7 aromatic rings. The van der Waals surface area contributed by atoms with Gasteiger partial charge in [0, 0.05) is 56.8 Å². The number of aryl methyl sites for hydroxylation is 4. The zero-order chi connectivity index (χ0) is 37.8. The van der Waals surface area contributed by atoms with Crippen LogP contribution < -0.4 is 0 Å². The number of ketones is 1. The summed E-state index contributed by atoms with van der Waals surface area (Å²) in [5.74, 6) is -0.0962. The number of nitrogens with one attached hydrogen (secondary N) is 2. The molecule has 9 rings (SSSR count). The molecule has 3 aromatic heterocycles. The summed E-state index contributed by atoms with van der Waals surface area (Å²) in [6.07, 6.45) is 4.25. The maximum absolute atomic E-state index is 13.6. The summed E-state index contributed by atoms with van der Waals surface area (Å²) < 4.78 is 0. The molecule has 0 saturated carbocycles. The fourth-order valence-corrected chi connectivity index (χ4v) is 7.68. The number of benzene rings is 4. The zero-order valence-corrected chi connectivity index (χ0v) is 31.6. The van der Waals surface area contributed by atoms with Gasteiger partial charge < -0.3 is 9.97 Å². The fraction of sp³-hybridized carbons (Fsp3) is 0.100. The number of carbonyl (C=O) groups is 1. The second-order valence-corrected chi connectivity index (χ2v) is 14.7. The Balaban J connectivity index is 1.51. The molecule has 0 amide bonds. The summed E-state index contributed by atoms with van der Waals surface area (Å²) in [6, 6.07) is 44.8. The van der Waals surface area contributed by atoms with E-state index in [1.165, 1.54) is 11.1 Å². The fourth-order valence-electron chi connectivity index (χ4n) is 7.68. The highest BCUT2D eigenvalue weighted by molar-refractivity contribution is 6.48. The minimum absolute atomic E-state index is 0.0962. The second kappa shape index (κ2) is 13.5. The highest BCUT2D eigenvalue weighted by atomic mass is 16.1. The van der Waals surface area contributed by atoms with Gasteiger partial charge in [0.2, 0.25) is 0 Å². The summed E-state index contributed by atoms with van der Waals surface area (Å²) in [5, 5.41) is 0. The molecule has 266 valence electrons. The van der Waals surface area contributed by atoms with E-state index in [4.69, 9.17) is 9.98 Å². The summed E-state index contributed by atoms with van der Waals surface area (Å²) >= 11 is 0. The van der Waals surface area contributed by atoms with Gasteiger partial charge in [-0.3, -0.25) is 4.79 Å². The van der Waals surface area contributed by atoms with Crippen LogP contribution in [0.5, 0.6) is 0 Å². The average Bonchev–Trinajstić information content (AvgIpc) is 4.01. The maximum Gasteiger partial charge on any atom is 0.178 e. The van der Waals surface area contributed by atoms with E-state index in [2.05, 4.69) is 177 Å². The van der Waals surface area contributed by atoms with Gasteiger partial charge >= 0.3 is 0 Å². The molecule has 0 spiro atoms. The molecule has 4 aromatic carbocycles. The highest BCUT2D eigenvalue weighted by Crippen LogP contribution is 2.42.